The lowest BCUT2D eigenvalue weighted by molar-refractivity contribution is -0.105. The van der Waals surface area contributed by atoms with Crippen LogP contribution in [0.2, 0.25) is 0 Å². The topological polar surface area (TPSA) is 45.2 Å². The number of piperidine rings is 1. The molecule has 0 bridgehead atoms. The van der Waals surface area contributed by atoms with E-state index >= 15 is 0 Å². The number of nitrogens with one attached hydrogen (secondary N) is 1. The molecular formula is C11H11F2N3O. The van der Waals surface area contributed by atoms with Crippen LogP contribution in [0.4, 0.5) is 20.4 Å². The van der Waals surface area contributed by atoms with Gasteiger partial charge in [-0.25, -0.2) is 13.8 Å². The van der Waals surface area contributed by atoms with Gasteiger partial charge in [0, 0.05) is 13.1 Å². The summed E-state index contributed by atoms with van der Waals surface area (Å²) in [6, 6.07) is 5.17. The lowest BCUT2D eigenvalue weighted by Crippen LogP contribution is -2.28. The highest BCUT2D eigenvalue weighted by Crippen LogP contribution is 2.59. The summed E-state index contributed by atoms with van der Waals surface area (Å²) < 4.78 is 26.0. The number of pyridine rings is 1. The maximum absolute atomic E-state index is 13.0. The van der Waals surface area contributed by atoms with Gasteiger partial charge in [-0.05, 0) is 12.1 Å². The first kappa shape index (κ1) is 10.4. The molecule has 4 nitrogen and oxygen atoms in total. The van der Waals surface area contributed by atoms with Crippen molar-refractivity contribution in [2.75, 3.05) is 23.3 Å². The first-order valence-corrected chi connectivity index (χ1v) is 5.43. The Balaban J connectivity index is 1.74. The molecule has 1 aliphatic carbocycles. The summed E-state index contributed by atoms with van der Waals surface area (Å²) in [5, 5.41) is 2.44. The molecule has 2 unspecified atom stereocenters. The van der Waals surface area contributed by atoms with Gasteiger partial charge < -0.3 is 10.2 Å². The number of amides is 1. The number of alkyl halides is 2. The Morgan fingerprint density at radius 2 is 2.12 bits per heavy atom. The predicted molar refractivity (Wildman–Crippen MR) is 58.1 cm³/mol. The zero-order valence-corrected chi connectivity index (χ0v) is 8.94. The Morgan fingerprint density at radius 3 is 2.76 bits per heavy atom. The lowest BCUT2D eigenvalue weighted by Gasteiger charge is -2.21. The van der Waals surface area contributed by atoms with E-state index in [1.165, 1.54) is 0 Å². The molecule has 90 valence electrons. The average Bonchev–Trinajstić information content (AvgIpc) is 2.69. The van der Waals surface area contributed by atoms with Crippen LogP contribution in [0, 0.1) is 11.8 Å². The standard InChI is InChI=1S/C11H11F2N3O/c12-11(13)7-4-16(5-8(7)11)10-3-1-2-9(15-10)14-6-17/h1-3,6-8H,4-5H2,(H,14,15,17). The number of fused-ring (bicyclic) bond motifs is 1. The Bertz CT molecular complexity index is 452. The molecule has 2 fully saturated rings. The van der Waals surface area contributed by atoms with Crippen molar-refractivity contribution in [1.82, 2.24) is 4.98 Å². The quantitative estimate of drug-likeness (QED) is 0.810. The second-order valence-corrected chi connectivity index (χ2v) is 4.44. The smallest absolute Gasteiger partial charge is 0.258 e. The third-order valence-electron chi connectivity index (χ3n) is 3.46. The number of carbonyl (C=O) groups is 1. The van der Waals surface area contributed by atoms with Crippen molar-refractivity contribution in [3.63, 3.8) is 0 Å². The Hall–Kier alpha value is -1.72. The zero-order valence-electron chi connectivity index (χ0n) is 8.94. The van der Waals surface area contributed by atoms with Gasteiger partial charge in [0.05, 0.1) is 11.8 Å². The minimum absolute atomic E-state index is 0.342. The van der Waals surface area contributed by atoms with Crippen molar-refractivity contribution in [2.45, 2.75) is 5.92 Å². The number of anilines is 2. The van der Waals surface area contributed by atoms with E-state index in [1.807, 2.05) is 4.90 Å². The van der Waals surface area contributed by atoms with E-state index in [0.29, 0.717) is 31.1 Å². The second-order valence-electron chi connectivity index (χ2n) is 4.44. The molecule has 1 aromatic heterocycles. The summed E-state index contributed by atoms with van der Waals surface area (Å²) in [5.74, 6) is -2.45. The van der Waals surface area contributed by atoms with Gasteiger partial charge in [0.25, 0.3) is 5.92 Å². The molecule has 1 amide bonds. The Labute approximate surface area is 96.6 Å². The average molecular weight is 239 g/mol. The van der Waals surface area contributed by atoms with Gasteiger partial charge in [-0.1, -0.05) is 6.07 Å². The molecule has 2 atom stereocenters. The van der Waals surface area contributed by atoms with Crippen LogP contribution >= 0.6 is 0 Å². The number of nitrogens with zero attached hydrogens (tertiary/aromatic N) is 2. The maximum atomic E-state index is 13.0. The van der Waals surface area contributed by atoms with Crippen LogP contribution in [0.1, 0.15) is 0 Å². The third kappa shape index (κ3) is 1.55. The van der Waals surface area contributed by atoms with E-state index in [2.05, 4.69) is 10.3 Å². The lowest BCUT2D eigenvalue weighted by atomic mass is 10.3. The SMILES string of the molecule is O=CNc1cccc(N2CC3C(C2)C3(F)F)n1. The fraction of sp³-hybridized carbons (Fsp3) is 0.455. The Morgan fingerprint density at radius 1 is 1.41 bits per heavy atom. The predicted octanol–water partition coefficient (Wildman–Crippen LogP) is 1.35. The molecule has 3 rings (SSSR count). The number of aromatic nitrogens is 1. The second kappa shape index (κ2) is 3.38. The minimum Gasteiger partial charge on any atom is -0.356 e. The molecule has 0 radical (unpaired) electrons. The summed E-state index contributed by atoms with van der Waals surface area (Å²) in [6.45, 7) is 0.685. The summed E-state index contributed by atoms with van der Waals surface area (Å²) in [5.41, 5.74) is 0. The van der Waals surface area contributed by atoms with E-state index in [4.69, 9.17) is 0 Å². The monoisotopic (exact) mass is 239 g/mol. The molecule has 1 saturated carbocycles. The Kier molecular flexibility index (Phi) is 2.08. The van der Waals surface area contributed by atoms with Crippen LogP contribution in [0.15, 0.2) is 18.2 Å². The van der Waals surface area contributed by atoms with Crippen LogP contribution in [-0.2, 0) is 4.79 Å². The van der Waals surface area contributed by atoms with E-state index in [-0.39, 0.29) is 0 Å². The first-order valence-electron chi connectivity index (χ1n) is 5.43. The van der Waals surface area contributed by atoms with E-state index in [9.17, 15) is 13.6 Å². The van der Waals surface area contributed by atoms with Gasteiger partial charge in [-0.2, -0.15) is 0 Å². The maximum Gasteiger partial charge on any atom is 0.258 e. The summed E-state index contributed by atoms with van der Waals surface area (Å²) in [7, 11) is 0. The molecule has 17 heavy (non-hydrogen) atoms. The highest BCUT2D eigenvalue weighted by molar-refractivity contribution is 5.69. The summed E-state index contributed by atoms with van der Waals surface area (Å²) in [6.07, 6.45) is 0.543. The van der Waals surface area contributed by atoms with Gasteiger partial charge >= 0.3 is 0 Å². The van der Waals surface area contributed by atoms with Crippen LogP contribution in [0.3, 0.4) is 0 Å². The zero-order chi connectivity index (χ0) is 12.0. The van der Waals surface area contributed by atoms with E-state index in [1.54, 1.807) is 18.2 Å². The van der Waals surface area contributed by atoms with Crippen molar-refractivity contribution in [1.29, 1.82) is 0 Å². The normalized spacial score (nSPS) is 28.7. The molecule has 1 N–H and O–H groups in total. The molecule has 1 aliphatic heterocycles. The van der Waals surface area contributed by atoms with Crippen molar-refractivity contribution < 1.29 is 13.6 Å². The summed E-state index contributed by atoms with van der Waals surface area (Å²) >= 11 is 0. The number of hydrogen-bond acceptors (Lipinski definition) is 3. The third-order valence-corrected chi connectivity index (χ3v) is 3.46. The van der Waals surface area contributed by atoms with Gasteiger partial charge in [-0.3, -0.25) is 4.79 Å². The number of rotatable bonds is 3. The molecule has 6 heteroatoms. The van der Waals surface area contributed by atoms with Crippen molar-refractivity contribution in [3.05, 3.63) is 18.2 Å². The first-order chi connectivity index (χ1) is 8.13. The van der Waals surface area contributed by atoms with Crippen LogP contribution in [0.25, 0.3) is 0 Å². The minimum atomic E-state index is -2.48. The highest BCUT2D eigenvalue weighted by Gasteiger charge is 2.71. The molecule has 0 spiro atoms. The highest BCUT2D eigenvalue weighted by atomic mass is 19.3. The van der Waals surface area contributed by atoms with Gasteiger partial charge in [-0.15, -0.1) is 0 Å². The fourth-order valence-electron chi connectivity index (χ4n) is 2.44. The van der Waals surface area contributed by atoms with Crippen molar-refractivity contribution >= 4 is 18.0 Å². The molecule has 2 aliphatic rings. The molecule has 0 aromatic carbocycles. The van der Waals surface area contributed by atoms with E-state index in [0.717, 1.165) is 0 Å². The van der Waals surface area contributed by atoms with Crippen LogP contribution in [0.5, 0.6) is 0 Å². The summed E-state index contributed by atoms with van der Waals surface area (Å²) in [4.78, 5) is 16.3. The molecule has 2 heterocycles. The fourth-order valence-corrected chi connectivity index (χ4v) is 2.44. The number of halogens is 2. The van der Waals surface area contributed by atoms with Crippen LogP contribution in [-0.4, -0.2) is 30.4 Å². The molecule has 1 aromatic rings. The van der Waals surface area contributed by atoms with Crippen LogP contribution < -0.4 is 10.2 Å². The van der Waals surface area contributed by atoms with Gasteiger partial charge in [0.15, 0.2) is 0 Å². The van der Waals surface area contributed by atoms with Gasteiger partial charge in [0.2, 0.25) is 6.41 Å². The number of carbonyl (C=O) groups excluding carboxylic acids is 1. The largest absolute Gasteiger partial charge is 0.356 e. The molecule has 1 saturated heterocycles. The van der Waals surface area contributed by atoms with Crippen molar-refractivity contribution in [3.8, 4) is 0 Å². The number of hydrogen-bond donors (Lipinski definition) is 1. The van der Waals surface area contributed by atoms with Gasteiger partial charge in [0.1, 0.15) is 11.6 Å². The molecular weight excluding hydrogens is 228 g/mol. The van der Waals surface area contributed by atoms with Crippen molar-refractivity contribution in [2.24, 2.45) is 11.8 Å². The van der Waals surface area contributed by atoms with E-state index < -0.39 is 17.8 Å².